The molecule has 0 saturated carbocycles. The van der Waals surface area contributed by atoms with Crippen molar-refractivity contribution in [3.05, 3.63) is 63.6 Å². The van der Waals surface area contributed by atoms with Crippen LogP contribution in [-0.2, 0) is 4.79 Å². The average molecular weight is 295 g/mol. The zero-order chi connectivity index (χ0) is 13.8. The Balaban J connectivity index is 2.48. The summed E-state index contributed by atoms with van der Waals surface area (Å²) in [7, 11) is 1.54. The van der Waals surface area contributed by atoms with Gasteiger partial charge in [0.15, 0.2) is 0 Å². The summed E-state index contributed by atoms with van der Waals surface area (Å²) in [6, 6.07) is 12.5. The van der Waals surface area contributed by atoms with Crippen LogP contribution < -0.4 is 4.74 Å². The van der Waals surface area contributed by atoms with Crippen LogP contribution in [0.4, 0.5) is 0 Å². The number of halogens is 2. The van der Waals surface area contributed by atoms with Gasteiger partial charge < -0.3 is 9.53 Å². The molecule has 1 atom stereocenters. The van der Waals surface area contributed by atoms with Gasteiger partial charge in [-0.2, -0.15) is 0 Å². The van der Waals surface area contributed by atoms with Crippen molar-refractivity contribution in [3.63, 3.8) is 0 Å². The van der Waals surface area contributed by atoms with Crippen LogP contribution in [0.1, 0.15) is 17.0 Å². The van der Waals surface area contributed by atoms with Gasteiger partial charge in [0.05, 0.1) is 18.1 Å². The molecule has 2 nitrogen and oxygen atoms in total. The molecule has 2 rings (SSSR count). The van der Waals surface area contributed by atoms with Gasteiger partial charge >= 0.3 is 0 Å². The van der Waals surface area contributed by atoms with Gasteiger partial charge in [-0.25, -0.2) is 0 Å². The predicted octanol–water partition coefficient (Wildman–Crippen LogP) is 4.33. The third kappa shape index (κ3) is 2.91. The zero-order valence-corrected chi connectivity index (χ0v) is 11.8. The quantitative estimate of drug-likeness (QED) is 0.785. The van der Waals surface area contributed by atoms with Gasteiger partial charge in [0, 0.05) is 5.02 Å². The first-order chi connectivity index (χ1) is 9.17. The van der Waals surface area contributed by atoms with Crippen molar-refractivity contribution >= 4 is 29.5 Å². The highest BCUT2D eigenvalue weighted by atomic mass is 35.5. The van der Waals surface area contributed by atoms with Crippen molar-refractivity contribution in [1.82, 2.24) is 0 Å². The summed E-state index contributed by atoms with van der Waals surface area (Å²) in [5.74, 6) is 0.109. The molecule has 0 radical (unpaired) electrons. The topological polar surface area (TPSA) is 26.3 Å². The molecule has 0 amide bonds. The molecule has 0 aromatic heterocycles. The van der Waals surface area contributed by atoms with Gasteiger partial charge in [0.25, 0.3) is 0 Å². The van der Waals surface area contributed by atoms with E-state index in [1.54, 1.807) is 24.3 Å². The molecule has 0 bridgehead atoms. The summed E-state index contributed by atoms with van der Waals surface area (Å²) in [5, 5.41) is 1.07. The van der Waals surface area contributed by atoms with E-state index in [2.05, 4.69) is 0 Å². The first kappa shape index (κ1) is 13.9. The van der Waals surface area contributed by atoms with Crippen LogP contribution in [0.15, 0.2) is 42.5 Å². The number of methoxy groups -OCH3 is 1. The first-order valence-corrected chi connectivity index (χ1v) is 6.46. The van der Waals surface area contributed by atoms with Crippen molar-refractivity contribution in [2.24, 2.45) is 0 Å². The maximum absolute atomic E-state index is 11.4. The summed E-state index contributed by atoms with van der Waals surface area (Å²) >= 11 is 12.1. The van der Waals surface area contributed by atoms with Crippen molar-refractivity contribution in [2.75, 3.05) is 7.11 Å². The standard InChI is InChI=1S/C15H12Cl2O2/c1-19-15-8-10(6-7-14(15)17)12(9-18)11-4-2-3-5-13(11)16/h2-9,12H,1H3. The lowest BCUT2D eigenvalue weighted by molar-refractivity contribution is -0.108. The van der Waals surface area contributed by atoms with E-state index in [4.69, 9.17) is 27.9 Å². The second-order valence-corrected chi connectivity index (χ2v) is 4.84. The Morgan fingerprint density at radius 1 is 1.11 bits per heavy atom. The van der Waals surface area contributed by atoms with Crippen LogP contribution in [0, 0.1) is 0 Å². The monoisotopic (exact) mass is 294 g/mol. The molecule has 0 spiro atoms. The largest absolute Gasteiger partial charge is 0.495 e. The second-order valence-electron chi connectivity index (χ2n) is 4.03. The lowest BCUT2D eigenvalue weighted by atomic mass is 9.92. The van der Waals surface area contributed by atoms with E-state index in [0.717, 1.165) is 17.4 Å². The minimum Gasteiger partial charge on any atom is -0.495 e. The third-order valence-electron chi connectivity index (χ3n) is 2.91. The van der Waals surface area contributed by atoms with Gasteiger partial charge in [0.1, 0.15) is 12.0 Å². The first-order valence-electron chi connectivity index (χ1n) is 5.70. The maximum Gasteiger partial charge on any atom is 0.137 e. The van der Waals surface area contributed by atoms with E-state index in [1.807, 2.05) is 18.2 Å². The van der Waals surface area contributed by atoms with Crippen molar-refractivity contribution in [1.29, 1.82) is 0 Å². The van der Waals surface area contributed by atoms with Crippen molar-refractivity contribution < 1.29 is 9.53 Å². The molecule has 2 aromatic carbocycles. The van der Waals surface area contributed by atoms with E-state index in [-0.39, 0.29) is 0 Å². The number of hydrogen-bond donors (Lipinski definition) is 0. The van der Waals surface area contributed by atoms with Crippen LogP contribution in [0.3, 0.4) is 0 Å². The van der Waals surface area contributed by atoms with E-state index in [9.17, 15) is 4.79 Å². The van der Waals surface area contributed by atoms with E-state index in [1.165, 1.54) is 7.11 Å². The third-order valence-corrected chi connectivity index (χ3v) is 3.57. The Labute approximate surface area is 121 Å². The molecule has 0 heterocycles. The summed E-state index contributed by atoms with van der Waals surface area (Å²) in [5.41, 5.74) is 1.56. The minimum absolute atomic E-state index is 0.431. The van der Waals surface area contributed by atoms with E-state index < -0.39 is 5.92 Å². The highest BCUT2D eigenvalue weighted by Crippen LogP contribution is 2.33. The summed E-state index contributed by atoms with van der Waals surface area (Å²) in [6.07, 6.45) is 0.865. The summed E-state index contributed by atoms with van der Waals surface area (Å²) < 4.78 is 5.17. The number of carbonyl (C=O) groups is 1. The minimum atomic E-state index is -0.431. The Morgan fingerprint density at radius 2 is 1.84 bits per heavy atom. The average Bonchev–Trinajstić information content (AvgIpc) is 2.43. The molecule has 0 saturated heterocycles. The molecule has 0 aliphatic rings. The Bertz CT molecular complexity index is 596. The Morgan fingerprint density at radius 3 is 2.47 bits per heavy atom. The molecular weight excluding hydrogens is 283 g/mol. The van der Waals surface area contributed by atoms with Crippen molar-refractivity contribution in [3.8, 4) is 5.75 Å². The van der Waals surface area contributed by atoms with E-state index in [0.29, 0.717) is 15.8 Å². The summed E-state index contributed by atoms with van der Waals surface area (Å²) in [4.78, 5) is 11.4. The smallest absolute Gasteiger partial charge is 0.137 e. The van der Waals surface area contributed by atoms with Crippen LogP contribution in [0.25, 0.3) is 0 Å². The fourth-order valence-corrected chi connectivity index (χ4v) is 2.38. The van der Waals surface area contributed by atoms with Gasteiger partial charge in [-0.1, -0.05) is 47.5 Å². The van der Waals surface area contributed by atoms with Crippen LogP contribution in [0.5, 0.6) is 5.75 Å². The van der Waals surface area contributed by atoms with Crippen molar-refractivity contribution in [2.45, 2.75) is 5.92 Å². The zero-order valence-electron chi connectivity index (χ0n) is 10.3. The lowest BCUT2D eigenvalue weighted by Crippen LogP contribution is -2.03. The van der Waals surface area contributed by atoms with Crippen LogP contribution >= 0.6 is 23.2 Å². The fraction of sp³-hybridized carbons (Fsp3) is 0.133. The molecule has 2 aromatic rings. The number of benzene rings is 2. The molecule has 0 N–H and O–H groups in total. The summed E-state index contributed by atoms with van der Waals surface area (Å²) in [6.45, 7) is 0. The Hall–Kier alpha value is -1.51. The number of hydrogen-bond acceptors (Lipinski definition) is 2. The lowest BCUT2D eigenvalue weighted by Gasteiger charge is -2.14. The van der Waals surface area contributed by atoms with E-state index >= 15 is 0 Å². The molecule has 0 fully saturated rings. The molecule has 1 unspecified atom stereocenters. The van der Waals surface area contributed by atoms with Gasteiger partial charge in [-0.15, -0.1) is 0 Å². The van der Waals surface area contributed by atoms with Gasteiger partial charge in [0.2, 0.25) is 0 Å². The second kappa shape index (κ2) is 6.09. The molecule has 4 heteroatoms. The van der Waals surface area contributed by atoms with Gasteiger partial charge in [-0.3, -0.25) is 0 Å². The number of rotatable bonds is 4. The molecule has 0 aliphatic heterocycles. The fourth-order valence-electron chi connectivity index (χ4n) is 1.93. The SMILES string of the molecule is COc1cc(C(C=O)c2ccccc2Cl)ccc1Cl. The number of carbonyl (C=O) groups excluding carboxylic acids is 1. The molecular formula is C15H12Cl2O2. The maximum atomic E-state index is 11.4. The molecule has 19 heavy (non-hydrogen) atoms. The Kier molecular flexibility index (Phi) is 4.46. The number of ether oxygens (including phenoxy) is 1. The highest BCUT2D eigenvalue weighted by molar-refractivity contribution is 6.32. The highest BCUT2D eigenvalue weighted by Gasteiger charge is 2.17. The van der Waals surface area contributed by atoms with Gasteiger partial charge in [-0.05, 0) is 29.3 Å². The normalized spacial score (nSPS) is 11.9. The molecule has 0 aliphatic carbocycles. The molecule has 98 valence electrons. The van der Waals surface area contributed by atoms with Crippen LogP contribution in [-0.4, -0.2) is 13.4 Å². The van der Waals surface area contributed by atoms with Crippen LogP contribution in [0.2, 0.25) is 10.0 Å². The number of aldehydes is 1. The predicted molar refractivity (Wildman–Crippen MR) is 77.4 cm³/mol.